The highest BCUT2D eigenvalue weighted by Crippen LogP contribution is 2.21. The van der Waals surface area contributed by atoms with Crippen LogP contribution in [0.25, 0.3) is 0 Å². The fourth-order valence-corrected chi connectivity index (χ4v) is 2.40. The van der Waals surface area contributed by atoms with Crippen molar-refractivity contribution >= 4 is 5.69 Å². The first-order chi connectivity index (χ1) is 9.60. The number of hydrogen-bond donors (Lipinski definition) is 1. The quantitative estimate of drug-likeness (QED) is 0.870. The molecule has 1 heterocycles. The lowest BCUT2D eigenvalue weighted by atomic mass is 10.1. The van der Waals surface area contributed by atoms with Crippen LogP contribution in [0.3, 0.4) is 0 Å². The molecule has 0 saturated heterocycles. The van der Waals surface area contributed by atoms with E-state index >= 15 is 0 Å². The molecule has 20 heavy (non-hydrogen) atoms. The van der Waals surface area contributed by atoms with Crippen molar-refractivity contribution in [1.82, 2.24) is 5.32 Å². The number of nitrogens with zero attached hydrogens (tertiary/aromatic N) is 1. The largest absolute Gasteiger partial charge is 0.467 e. The molecule has 1 aromatic heterocycles. The molecule has 0 aliphatic heterocycles. The van der Waals surface area contributed by atoms with Crippen LogP contribution in [0.4, 0.5) is 5.69 Å². The predicted molar refractivity (Wildman–Crippen MR) is 84.1 cm³/mol. The predicted octanol–water partition coefficient (Wildman–Crippen LogP) is 3.64. The number of nitrogens with one attached hydrogen (secondary N) is 1. The summed E-state index contributed by atoms with van der Waals surface area (Å²) in [7, 11) is 2.10. The zero-order valence-electron chi connectivity index (χ0n) is 12.9. The summed E-state index contributed by atoms with van der Waals surface area (Å²) < 4.78 is 5.63. The second kappa shape index (κ2) is 6.62. The molecule has 3 nitrogen and oxygen atoms in total. The summed E-state index contributed by atoms with van der Waals surface area (Å²) >= 11 is 0. The summed E-state index contributed by atoms with van der Waals surface area (Å²) in [5.74, 6) is 1.03. The molecule has 0 atom stereocenters. The zero-order valence-corrected chi connectivity index (χ0v) is 12.9. The van der Waals surface area contributed by atoms with Gasteiger partial charge in [-0.05, 0) is 49.7 Å². The second-order valence-electron chi connectivity index (χ2n) is 5.35. The van der Waals surface area contributed by atoms with E-state index in [0.717, 1.165) is 25.4 Å². The lowest BCUT2D eigenvalue weighted by molar-refractivity contribution is 0.500. The Kier molecular flexibility index (Phi) is 4.85. The third-order valence-corrected chi connectivity index (χ3v) is 3.43. The highest BCUT2D eigenvalue weighted by Gasteiger charge is 2.10. The first-order valence-corrected chi connectivity index (χ1v) is 7.15. The molecule has 0 saturated carbocycles. The summed E-state index contributed by atoms with van der Waals surface area (Å²) in [5, 5.41) is 3.34. The summed E-state index contributed by atoms with van der Waals surface area (Å²) in [6.07, 6.45) is 1.78. The van der Waals surface area contributed by atoms with Crippen LogP contribution in [0.5, 0.6) is 0 Å². The molecule has 2 aromatic rings. The van der Waals surface area contributed by atoms with Gasteiger partial charge in [0.2, 0.25) is 0 Å². The van der Waals surface area contributed by atoms with Gasteiger partial charge in [-0.1, -0.05) is 13.0 Å². The number of furan rings is 1. The normalized spacial score (nSPS) is 10.8. The maximum Gasteiger partial charge on any atom is 0.127 e. The van der Waals surface area contributed by atoms with Crippen molar-refractivity contribution in [3.63, 3.8) is 0 Å². The minimum atomic E-state index is 0.788. The van der Waals surface area contributed by atoms with E-state index in [0.29, 0.717) is 0 Å². The van der Waals surface area contributed by atoms with Gasteiger partial charge >= 0.3 is 0 Å². The average molecular weight is 272 g/mol. The van der Waals surface area contributed by atoms with Crippen LogP contribution >= 0.6 is 0 Å². The van der Waals surface area contributed by atoms with Crippen molar-refractivity contribution in [2.45, 2.75) is 33.9 Å². The molecule has 1 N–H and O–H groups in total. The Morgan fingerprint density at radius 3 is 2.50 bits per heavy atom. The van der Waals surface area contributed by atoms with E-state index in [4.69, 9.17) is 4.42 Å². The molecule has 0 radical (unpaired) electrons. The topological polar surface area (TPSA) is 28.4 Å². The van der Waals surface area contributed by atoms with Gasteiger partial charge in [0.15, 0.2) is 0 Å². The van der Waals surface area contributed by atoms with Crippen LogP contribution in [0.15, 0.2) is 34.9 Å². The van der Waals surface area contributed by atoms with Gasteiger partial charge in [-0.15, -0.1) is 0 Å². The molecule has 0 fully saturated rings. The van der Waals surface area contributed by atoms with Gasteiger partial charge in [-0.3, -0.25) is 0 Å². The highest BCUT2D eigenvalue weighted by molar-refractivity contribution is 5.50. The molecule has 0 aliphatic rings. The lowest BCUT2D eigenvalue weighted by Crippen LogP contribution is -2.19. The van der Waals surface area contributed by atoms with Gasteiger partial charge in [0, 0.05) is 24.8 Å². The lowest BCUT2D eigenvalue weighted by Gasteiger charge is -2.20. The highest BCUT2D eigenvalue weighted by atomic mass is 16.3. The van der Waals surface area contributed by atoms with Crippen molar-refractivity contribution in [3.8, 4) is 0 Å². The average Bonchev–Trinajstić information content (AvgIpc) is 2.82. The van der Waals surface area contributed by atoms with Crippen molar-refractivity contribution in [3.05, 3.63) is 53.0 Å². The van der Waals surface area contributed by atoms with E-state index in [-0.39, 0.29) is 0 Å². The molecule has 0 aliphatic carbocycles. The summed E-state index contributed by atoms with van der Waals surface area (Å²) in [5.41, 5.74) is 5.05. The Labute approximate surface area is 121 Å². The van der Waals surface area contributed by atoms with Gasteiger partial charge in [-0.2, -0.15) is 0 Å². The third-order valence-electron chi connectivity index (χ3n) is 3.43. The van der Waals surface area contributed by atoms with Crippen LogP contribution < -0.4 is 10.2 Å². The molecule has 0 unspecified atom stereocenters. The van der Waals surface area contributed by atoms with Gasteiger partial charge in [-0.25, -0.2) is 0 Å². The molecular weight excluding hydrogens is 248 g/mol. The summed E-state index contributed by atoms with van der Waals surface area (Å²) in [6.45, 7) is 9.00. The number of rotatable bonds is 6. The molecule has 0 bridgehead atoms. The Balaban J connectivity index is 2.11. The Morgan fingerprint density at radius 2 is 1.85 bits per heavy atom. The molecule has 0 amide bonds. The SMILES string of the molecule is CCNCc1ccoc1CN(C)c1cc(C)cc(C)c1. The van der Waals surface area contributed by atoms with Gasteiger partial charge in [0.1, 0.15) is 5.76 Å². The number of benzene rings is 1. The second-order valence-corrected chi connectivity index (χ2v) is 5.35. The minimum absolute atomic E-state index is 0.788. The summed E-state index contributed by atoms with van der Waals surface area (Å²) in [6, 6.07) is 8.66. The molecule has 108 valence electrons. The fourth-order valence-electron chi connectivity index (χ4n) is 2.40. The van der Waals surface area contributed by atoms with E-state index in [2.05, 4.69) is 56.2 Å². The molecule has 0 spiro atoms. The van der Waals surface area contributed by atoms with Crippen LogP contribution in [0.2, 0.25) is 0 Å². The number of hydrogen-bond acceptors (Lipinski definition) is 3. The van der Waals surface area contributed by atoms with Crippen molar-refractivity contribution < 1.29 is 4.42 Å². The van der Waals surface area contributed by atoms with Crippen LogP contribution in [-0.4, -0.2) is 13.6 Å². The van der Waals surface area contributed by atoms with Crippen molar-refractivity contribution in [1.29, 1.82) is 0 Å². The number of anilines is 1. The van der Waals surface area contributed by atoms with Crippen molar-refractivity contribution in [2.75, 3.05) is 18.5 Å². The Bertz CT molecular complexity index is 540. The smallest absolute Gasteiger partial charge is 0.127 e. The monoisotopic (exact) mass is 272 g/mol. The third kappa shape index (κ3) is 3.64. The van der Waals surface area contributed by atoms with E-state index < -0.39 is 0 Å². The maximum absolute atomic E-state index is 5.63. The van der Waals surface area contributed by atoms with Gasteiger partial charge in [0.05, 0.1) is 12.8 Å². The van der Waals surface area contributed by atoms with E-state index in [1.807, 2.05) is 6.07 Å². The molecule has 1 aromatic carbocycles. The van der Waals surface area contributed by atoms with Crippen molar-refractivity contribution in [2.24, 2.45) is 0 Å². The van der Waals surface area contributed by atoms with E-state index in [1.54, 1.807) is 6.26 Å². The van der Waals surface area contributed by atoms with E-state index in [1.165, 1.54) is 22.4 Å². The molecular formula is C17H24N2O. The van der Waals surface area contributed by atoms with E-state index in [9.17, 15) is 0 Å². The van der Waals surface area contributed by atoms with Crippen LogP contribution in [-0.2, 0) is 13.1 Å². The van der Waals surface area contributed by atoms with Gasteiger partial charge in [0.25, 0.3) is 0 Å². The van der Waals surface area contributed by atoms with Crippen LogP contribution in [0.1, 0.15) is 29.4 Å². The first kappa shape index (κ1) is 14.7. The molecule has 3 heteroatoms. The standard InChI is InChI=1S/C17H24N2O/c1-5-18-11-15-6-7-20-17(15)12-19(4)16-9-13(2)8-14(3)10-16/h6-10,18H,5,11-12H2,1-4H3. The fraction of sp³-hybridized carbons (Fsp3) is 0.412. The van der Waals surface area contributed by atoms with Crippen LogP contribution in [0, 0.1) is 13.8 Å². The zero-order chi connectivity index (χ0) is 14.5. The minimum Gasteiger partial charge on any atom is -0.467 e. The molecule has 2 rings (SSSR count). The number of aryl methyl sites for hydroxylation is 2. The Hall–Kier alpha value is -1.74. The summed E-state index contributed by atoms with van der Waals surface area (Å²) in [4.78, 5) is 2.23. The Morgan fingerprint density at radius 1 is 1.15 bits per heavy atom. The first-order valence-electron chi connectivity index (χ1n) is 7.15. The van der Waals surface area contributed by atoms with Gasteiger partial charge < -0.3 is 14.6 Å². The maximum atomic E-state index is 5.63.